The van der Waals surface area contributed by atoms with Crippen molar-refractivity contribution in [1.29, 1.82) is 0 Å². The number of aldehydes is 1. The molecule has 0 saturated heterocycles. The number of halogens is 2. The summed E-state index contributed by atoms with van der Waals surface area (Å²) in [6.07, 6.45) is 0.856. The molecule has 0 saturated carbocycles. The molecule has 8 rings (SSSR count). The molecular formula is C59H70Cl2N8O8Si. The number of benzene rings is 6. The minimum Gasteiger partial charge on any atom is -0.489 e. The molecule has 0 spiro atoms. The van der Waals surface area contributed by atoms with Gasteiger partial charge in [0, 0.05) is 40.9 Å². The number of nitrogens with one attached hydrogen (secondary N) is 4. The molecule has 0 atom stereocenters. The number of aromatic nitrogens is 4. The van der Waals surface area contributed by atoms with Crippen LogP contribution in [0.1, 0.15) is 92.0 Å². The number of Topliss-reactive ketones (excluding diaryl/α,β-unsaturated/α-hetero) is 1. The molecule has 0 fully saturated rings. The number of hydrogen-bond donors (Lipinski definition) is 6. The Labute approximate surface area is 467 Å². The number of H-pyrrole nitrogens is 2. The van der Waals surface area contributed by atoms with Crippen LogP contribution in [0.3, 0.4) is 0 Å². The molecule has 7 N–H and O–H groups in total. The molecule has 0 bridgehead atoms. The highest BCUT2D eigenvalue weighted by Crippen LogP contribution is 2.36. The highest BCUT2D eigenvalue weighted by molar-refractivity contribution is 6.74. The van der Waals surface area contributed by atoms with E-state index in [1.54, 1.807) is 54.4 Å². The quantitative estimate of drug-likeness (QED) is 0.0165. The van der Waals surface area contributed by atoms with Crippen LogP contribution >= 0.6 is 23.2 Å². The van der Waals surface area contributed by atoms with Gasteiger partial charge in [0.2, 0.25) is 0 Å². The van der Waals surface area contributed by atoms with Crippen molar-refractivity contribution in [1.82, 2.24) is 35.8 Å². The largest absolute Gasteiger partial charge is 0.489 e. The number of nitrogen functional groups attached to an aromatic ring is 1. The summed E-state index contributed by atoms with van der Waals surface area (Å²) in [7, 11) is -1.69. The zero-order valence-corrected chi connectivity index (χ0v) is 48.3. The molecular weight excluding hydrogens is 1050 g/mol. The Balaban J connectivity index is 0.000000213. The second-order valence-corrected chi connectivity index (χ2v) is 25.7. The molecule has 412 valence electrons. The van der Waals surface area contributed by atoms with Crippen LogP contribution in [0.5, 0.6) is 11.5 Å². The number of rotatable bonds is 17. The maximum absolute atomic E-state index is 12.8. The maximum Gasteiger partial charge on any atom is 0.265 e. The predicted octanol–water partition coefficient (Wildman–Crippen LogP) is 12.2. The Hall–Kier alpha value is -7.22. The lowest BCUT2D eigenvalue weighted by Gasteiger charge is -2.35. The number of para-hydroxylation sites is 4. The predicted molar refractivity (Wildman–Crippen MR) is 313 cm³/mol. The lowest BCUT2D eigenvalue weighted by atomic mass is 10.1. The molecule has 6 aromatic carbocycles. The number of aliphatic hydroxyl groups excluding tert-OH is 1. The summed E-state index contributed by atoms with van der Waals surface area (Å²) in [5, 5.41) is 12.1. The molecule has 78 heavy (non-hydrogen) atoms. The summed E-state index contributed by atoms with van der Waals surface area (Å²) >= 11 is 12.2. The first-order valence-corrected chi connectivity index (χ1v) is 28.9. The van der Waals surface area contributed by atoms with E-state index in [9.17, 15) is 24.3 Å². The molecule has 19 heteroatoms. The van der Waals surface area contributed by atoms with Gasteiger partial charge in [-0.1, -0.05) is 117 Å². The van der Waals surface area contributed by atoms with Crippen LogP contribution in [-0.2, 0) is 15.8 Å². The van der Waals surface area contributed by atoms with Crippen molar-refractivity contribution in [3.63, 3.8) is 0 Å². The van der Waals surface area contributed by atoms with Crippen molar-refractivity contribution < 1.29 is 38.2 Å². The average Bonchev–Trinajstić information content (AvgIpc) is 4.07. The van der Waals surface area contributed by atoms with Crippen LogP contribution in [0.15, 0.2) is 133 Å². The van der Waals surface area contributed by atoms with Crippen LogP contribution in [-0.4, -0.2) is 94.2 Å². The van der Waals surface area contributed by atoms with Crippen LogP contribution < -0.4 is 26.2 Å². The molecule has 0 unspecified atom stereocenters. The number of carbonyl (C=O) groups excluding carboxylic acids is 4. The van der Waals surface area contributed by atoms with Gasteiger partial charge in [0.15, 0.2) is 14.1 Å². The highest BCUT2D eigenvalue weighted by Gasteiger charge is 2.37. The molecule has 2 aromatic heterocycles. The van der Waals surface area contributed by atoms with Gasteiger partial charge in [-0.3, -0.25) is 30.0 Å². The van der Waals surface area contributed by atoms with E-state index in [2.05, 4.69) is 59.2 Å². The zero-order valence-electron chi connectivity index (χ0n) is 45.7. The number of ketones is 1. The van der Waals surface area contributed by atoms with Crippen molar-refractivity contribution in [2.75, 3.05) is 19.8 Å². The van der Waals surface area contributed by atoms with Crippen LogP contribution in [0.25, 0.3) is 44.8 Å². The third-order valence-corrected chi connectivity index (χ3v) is 17.1. The molecule has 8 aromatic rings. The van der Waals surface area contributed by atoms with Crippen LogP contribution in [0.4, 0.5) is 0 Å². The fraction of sp³-hybridized carbons (Fsp3) is 0.288. The van der Waals surface area contributed by atoms with Gasteiger partial charge in [-0.25, -0.2) is 20.8 Å². The highest BCUT2D eigenvalue weighted by atomic mass is 35.5. The smallest absolute Gasteiger partial charge is 0.265 e. The minimum absolute atomic E-state index is 0.0181. The van der Waals surface area contributed by atoms with E-state index >= 15 is 0 Å². The maximum atomic E-state index is 12.8. The van der Waals surface area contributed by atoms with Crippen molar-refractivity contribution in [2.24, 2.45) is 5.84 Å². The number of carbonyl (C=O) groups is 4. The number of hydrogen-bond acceptors (Lipinski definition) is 12. The van der Waals surface area contributed by atoms with Gasteiger partial charge in [-0.15, -0.1) is 0 Å². The summed E-state index contributed by atoms with van der Waals surface area (Å²) in [4.78, 5) is 60.9. The van der Waals surface area contributed by atoms with Crippen LogP contribution in [0.2, 0.25) is 28.2 Å². The second kappa shape index (κ2) is 28.9. The first kappa shape index (κ1) is 61.6. The van der Waals surface area contributed by atoms with Gasteiger partial charge < -0.3 is 29.0 Å². The molecule has 2 amide bonds. The minimum atomic E-state index is -1.69. The fourth-order valence-corrected chi connectivity index (χ4v) is 8.40. The number of fused-ring (bicyclic) bond motifs is 2. The molecule has 0 aliphatic carbocycles. The van der Waals surface area contributed by atoms with E-state index in [0.29, 0.717) is 44.8 Å². The number of nitrogens with zero attached hydrogens (tertiary/aromatic N) is 3. The Kier molecular flexibility index (Phi) is 22.9. The Morgan fingerprint density at radius 1 is 0.718 bits per heavy atom. The number of ether oxygens (including phenoxy) is 2. The first-order valence-electron chi connectivity index (χ1n) is 25.3. The lowest BCUT2D eigenvalue weighted by molar-refractivity contribution is -0.119. The Morgan fingerprint density at radius 3 is 1.58 bits per heavy atom. The summed E-state index contributed by atoms with van der Waals surface area (Å²) in [5.74, 6) is 7.13. The van der Waals surface area contributed by atoms with E-state index in [0.717, 1.165) is 56.7 Å². The second-order valence-electron chi connectivity index (χ2n) is 20.1. The van der Waals surface area contributed by atoms with E-state index < -0.39 is 8.32 Å². The summed E-state index contributed by atoms with van der Waals surface area (Å²) in [5.41, 5.74) is 13.2. The monoisotopic (exact) mass is 1120 g/mol. The summed E-state index contributed by atoms with van der Waals surface area (Å²) in [6.45, 7) is 20.9. The number of hydrazine groups is 2. The SMILES string of the molecule is CC(=O)CO[Si](C)(C)C(C)(C)C.CC(C)Oc1ccc(C(=O)NN(CCO)Cc2ccc(-c3nc4ccccc4[nH]3)cc2)cc1Cl.CC(C)Oc1ccc(C(=O)NN)cc1Cl.O=Cc1ccc(-c2nc3ccccc3[nH]2)cc1. The normalized spacial score (nSPS) is 11.2. The van der Waals surface area contributed by atoms with Crippen molar-refractivity contribution in [3.8, 4) is 34.3 Å². The van der Waals surface area contributed by atoms with Gasteiger partial charge in [-0.05, 0) is 119 Å². The zero-order chi connectivity index (χ0) is 57.2. The number of aliphatic hydroxyl groups is 1. The Morgan fingerprint density at radius 2 is 1.18 bits per heavy atom. The average molecular weight is 1120 g/mol. The standard InChI is InChI=1S/C26H27ClN4O3.C14H10N2O.C10H13ClN2O2.C9H20O2Si/c1-17(2)34-24-12-11-20(15-21(24)27)26(33)30-31(13-14-32)16-18-7-9-19(10-8-18)25-28-22-5-3-4-6-23(22)29-25;17-9-10-5-7-11(8-6-10)14-15-12-3-1-2-4-13(12)16-14;1-6(2)15-9-4-3-7(5-8(9)11)10(14)13-12;1-8(10)7-11-12(5,6)9(2,3)4/h3-12,15,17,32H,13-14,16H2,1-2H3,(H,28,29)(H,30,33);1-9H,(H,15,16);3-6H,12H2,1-2H3,(H,13,14);7H2,1-6H3. The summed E-state index contributed by atoms with van der Waals surface area (Å²) < 4.78 is 16.7. The first-order chi connectivity index (χ1) is 37.0. The van der Waals surface area contributed by atoms with Crippen LogP contribution in [0, 0.1) is 0 Å². The topological polar surface area (TPSA) is 227 Å². The van der Waals surface area contributed by atoms with Gasteiger partial charge in [-0.2, -0.15) is 0 Å². The van der Waals surface area contributed by atoms with Crippen molar-refractivity contribution >= 4 is 77.5 Å². The molecule has 0 radical (unpaired) electrons. The van der Waals surface area contributed by atoms with E-state index in [1.807, 2.05) is 118 Å². The lowest BCUT2D eigenvalue weighted by Crippen LogP contribution is -2.43. The van der Waals surface area contributed by atoms with E-state index in [-0.39, 0.29) is 54.6 Å². The fourth-order valence-electron chi connectivity index (χ4n) is 6.96. The molecule has 0 aliphatic heterocycles. The number of aromatic amines is 2. The third kappa shape index (κ3) is 18.5. The molecule has 16 nitrogen and oxygen atoms in total. The summed E-state index contributed by atoms with van der Waals surface area (Å²) in [6, 6.07) is 40.8. The number of imidazole rings is 2. The number of amides is 2. The van der Waals surface area contributed by atoms with E-state index in [4.69, 9.17) is 42.9 Å². The number of nitrogens with two attached hydrogens (primary N) is 1. The molecule has 0 aliphatic rings. The van der Waals surface area contributed by atoms with Gasteiger partial charge in [0.1, 0.15) is 29.4 Å². The van der Waals surface area contributed by atoms with E-state index in [1.165, 1.54) is 6.07 Å². The van der Waals surface area contributed by atoms with Crippen molar-refractivity contribution in [3.05, 3.63) is 166 Å². The third-order valence-electron chi connectivity index (χ3n) is 12.0. The van der Waals surface area contributed by atoms with Gasteiger partial charge in [0.05, 0.1) is 57.5 Å². The molecule has 2 heterocycles. The van der Waals surface area contributed by atoms with Gasteiger partial charge >= 0.3 is 0 Å². The van der Waals surface area contributed by atoms with Crippen molar-refractivity contribution in [2.45, 2.75) is 92.3 Å². The van der Waals surface area contributed by atoms with Gasteiger partial charge in [0.25, 0.3) is 11.8 Å². The Bertz CT molecular complexity index is 3180.